The van der Waals surface area contributed by atoms with Crippen LogP contribution in [0.15, 0.2) is 35.3 Å². The van der Waals surface area contributed by atoms with Crippen molar-refractivity contribution in [2.75, 3.05) is 45.1 Å². The molecule has 4 heterocycles. The average molecular weight is 360 g/mol. The summed E-state index contributed by atoms with van der Waals surface area (Å²) in [5.74, 6) is 0.942. The SMILES string of the molecule is CN1CCN([C@H](CNc2ncnc3sccc23)c2cccs2)CC1. The highest BCUT2D eigenvalue weighted by Crippen LogP contribution is 2.28. The number of likely N-dealkylation sites (N-methyl/N-ethyl adjacent to an activating group) is 1. The fourth-order valence-electron chi connectivity index (χ4n) is 3.15. The lowest BCUT2D eigenvalue weighted by atomic mass is 10.1. The number of thiophene rings is 2. The largest absolute Gasteiger partial charge is 0.367 e. The smallest absolute Gasteiger partial charge is 0.138 e. The summed E-state index contributed by atoms with van der Waals surface area (Å²) in [5, 5.41) is 8.93. The van der Waals surface area contributed by atoms with Crippen LogP contribution >= 0.6 is 22.7 Å². The summed E-state index contributed by atoms with van der Waals surface area (Å²) in [6.45, 7) is 5.34. The molecule has 1 fully saturated rings. The zero-order valence-corrected chi connectivity index (χ0v) is 15.3. The van der Waals surface area contributed by atoms with E-state index in [9.17, 15) is 0 Å². The molecule has 1 saturated heterocycles. The van der Waals surface area contributed by atoms with Gasteiger partial charge in [0.05, 0.1) is 11.4 Å². The molecule has 1 atom stereocenters. The Kier molecular flexibility index (Phi) is 4.75. The second-order valence-corrected chi connectivity index (χ2v) is 7.99. The van der Waals surface area contributed by atoms with Crippen LogP contribution in [0.1, 0.15) is 10.9 Å². The topological polar surface area (TPSA) is 44.3 Å². The highest BCUT2D eigenvalue weighted by Gasteiger charge is 2.24. The Morgan fingerprint density at radius 1 is 1.12 bits per heavy atom. The Morgan fingerprint density at radius 2 is 2.00 bits per heavy atom. The number of aromatic nitrogens is 2. The number of nitrogens with zero attached hydrogens (tertiary/aromatic N) is 4. The van der Waals surface area contributed by atoms with E-state index in [-0.39, 0.29) is 0 Å². The summed E-state index contributed by atoms with van der Waals surface area (Å²) in [7, 11) is 2.20. The van der Waals surface area contributed by atoms with Gasteiger partial charge >= 0.3 is 0 Å². The summed E-state index contributed by atoms with van der Waals surface area (Å²) in [4.78, 5) is 16.2. The molecule has 5 nitrogen and oxygen atoms in total. The predicted octanol–water partition coefficient (Wildman–Crippen LogP) is 3.15. The fourth-order valence-corrected chi connectivity index (χ4v) is 4.74. The quantitative estimate of drug-likeness (QED) is 0.758. The van der Waals surface area contributed by atoms with Crippen LogP contribution in [0.5, 0.6) is 0 Å². The molecule has 1 N–H and O–H groups in total. The molecule has 1 aliphatic heterocycles. The molecule has 3 aromatic rings. The zero-order chi connectivity index (χ0) is 16.4. The van der Waals surface area contributed by atoms with E-state index in [4.69, 9.17) is 0 Å². The van der Waals surface area contributed by atoms with Crippen LogP contribution in [0.25, 0.3) is 10.2 Å². The maximum Gasteiger partial charge on any atom is 0.138 e. The second-order valence-electron chi connectivity index (χ2n) is 6.11. The zero-order valence-electron chi connectivity index (χ0n) is 13.7. The van der Waals surface area contributed by atoms with Gasteiger partial charge in [-0.05, 0) is 29.9 Å². The fraction of sp³-hybridized carbons (Fsp3) is 0.412. The van der Waals surface area contributed by atoms with Crippen molar-refractivity contribution in [2.45, 2.75) is 6.04 Å². The van der Waals surface area contributed by atoms with Crippen molar-refractivity contribution in [1.29, 1.82) is 0 Å². The monoisotopic (exact) mass is 359 g/mol. The Bertz CT molecular complexity index is 777. The van der Waals surface area contributed by atoms with E-state index >= 15 is 0 Å². The number of rotatable bonds is 5. The van der Waals surface area contributed by atoms with E-state index in [1.165, 1.54) is 4.88 Å². The molecule has 0 bridgehead atoms. The first-order valence-electron chi connectivity index (χ1n) is 8.19. The van der Waals surface area contributed by atoms with Crippen LogP contribution < -0.4 is 5.32 Å². The molecule has 0 aromatic carbocycles. The first-order chi connectivity index (χ1) is 11.8. The number of piperazine rings is 1. The van der Waals surface area contributed by atoms with E-state index in [0.717, 1.165) is 48.8 Å². The predicted molar refractivity (Wildman–Crippen MR) is 102 cm³/mol. The van der Waals surface area contributed by atoms with Crippen LogP contribution in [-0.2, 0) is 0 Å². The van der Waals surface area contributed by atoms with E-state index in [0.29, 0.717) is 6.04 Å². The van der Waals surface area contributed by atoms with E-state index in [2.05, 4.69) is 61.1 Å². The van der Waals surface area contributed by atoms with Crippen molar-refractivity contribution >= 4 is 38.7 Å². The molecular formula is C17H21N5S2. The molecule has 24 heavy (non-hydrogen) atoms. The van der Waals surface area contributed by atoms with Crippen molar-refractivity contribution in [1.82, 2.24) is 19.8 Å². The molecule has 1 aliphatic rings. The molecule has 0 radical (unpaired) electrons. The lowest BCUT2D eigenvalue weighted by molar-refractivity contribution is 0.118. The van der Waals surface area contributed by atoms with Crippen LogP contribution in [0.4, 0.5) is 5.82 Å². The number of anilines is 1. The molecule has 0 unspecified atom stereocenters. The molecule has 0 saturated carbocycles. The van der Waals surface area contributed by atoms with E-state index < -0.39 is 0 Å². The van der Waals surface area contributed by atoms with Gasteiger partial charge < -0.3 is 10.2 Å². The lowest BCUT2D eigenvalue weighted by Crippen LogP contribution is -2.47. The van der Waals surface area contributed by atoms with Gasteiger partial charge in [0.15, 0.2) is 0 Å². The number of nitrogens with one attached hydrogen (secondary N) is 1. The molecule has 126 valence electrons. The normalized spacial score (nSPS) is 18.0. The third kappa shape index (κ3) is 3.30. The van der Waals surface area contributed by atoms with Gasteiger partial charge in [-0.3, -0.25) is 4.90 Å². The first-order valence-corrected chi connectivity index (χ1v) is 9.95. The Labute approximate surface area is 150 Å². The minimum atomic E-state index is 0.391. The Morgan fingerprint density at radius 3 is 2.79 bits per heavy atom. The van der Waals surface area contributed by atoms with E-state index in [1.54, 1.807) is 17.7 Å². The minimum absolute atomic E-state index is 0.391. The van der Waals surface area contributed by atoms with Crippen LogP contribution in [0.3, 0.4) is 0 Å². The van der Waals surface area contributed by atoms with Crippen LogP contribution in [-0.4, -0.2) is 59.5 Å². The minimum Gasteiger partial charge on any atom is -0.367 e. The summed E-state index contributed by atoms with van der Waals surface area (Å²) >= 11 is 3.50. The van der Waals surface area contributed by atoms with Gasteiger partial charge in [-0.2, -0.15) is 0 Å². The van der Waals surface area contributed by atoms with E-state index in [1.807, 2.05) is 11.3 Å². The van der Waals surface area contributed by atoms with Crippen LogP contribution in [0.2, 0.25) is 0 Å². The molecular weight excluding hydrogens is 338 g/mol. The third-order valence-electron chi connectivity index (χ3n) is 4.57. The standard InChI is InChI=1S/C17H21N5S2/c1-21-5-7-22(8-6-21)14(15-3-2-9-23-15)11-18-16-13-4-10-24-17(13)20-12-19-16/h2-4,9-10,12,14H,5-8,11H2,1H3,(H,18,19,20)/t14-/m1/s1. The summed E-state index contributed by atoms with van der Waals surface area (Å²) in [5.41, 5.74) is 0. The van der Waals surface area contributed by atoms with Gasteiger partial charge in [0.25, 0.3) is 0 Å². The summed E-state index contributed by atoms with van der Waals surface area (Å²) in [6, 6.07) is 6.88. The summed E-state index contributed by atoms with van der Waals surface area (Å²) < 4.78 is 0. The maximum atomic E-state index is 4.45. The second kappa shape index (κ2) is 7.14. The number of hydrogen-bond acceptors (Lipinski definition) is 7. The van der Waals surface area contributed by atoms with Gasteiger partial charge in [0.1, 0.15) is 17.0 Å². The molecule has 0 spiro atoms. The molecule has 7 heteroatoms. The van der Waals surface area contributed by atoms with Gasteiger partial charge in [-0.15, -0.1) is 22.7 Å². The van der Waals surface area contributed by atoms with Gasteiger partial charge in [-0.1, -0.05) is 6.07 Å². The Balaban J connectivity index is 1.53. The van der Waals surface area contributed by atoms with Crippen molar-refractivity contribution < 1.29 is 0 Å². The molecule has 0 aliphatic carbocycles. The Hall–Kier alpha value is -1.54. The van der Waals surface area contributed by atoms with Gasteiger partial charge in [0.2, 0.25) is 0 Å². The van der Waals surface area contributed by atoms with Gasteiger partial charge in [0, 0.05) is 37.6 Å². The van der Waals surface area contributed by atoms with Crippen molar-refractivity contribution in [2.24, 2.45) is 0 Å². The van der Waals surface area contributed by atoms with Crippen molar-refractivity contribution in [3.63, 3.8) is 0 Å². The number of hydrogen-bond donors (Lipinski definition) is 1. The molecule has 0 amide bonds. The van der Waals surface area contributed by atoms with Crippen molar-refractivity contribution in [3.8, 4) is 0 Å². The summed E-state index contributed by atoms with van der Waals surface area (Å²) in [6.07, 6.45) is 1.65. The average Bonchev–Trinajstić information content (AvgIpc) is 3.28. The molecule has 4 rings (SSSR count). The maximum absolute atomic E-state index is 4.45. The first kappa shape index (κ1) is 16.0. The van der Waals surface area contributed by atoms with Crippen molar-refractivity contribution in [3.05, 3.63) is 40.2 Å². The third-order valence-corrected chi connectivity index (χ3v) is 6.37. The van der Waals surface area contributed by atoms with Crippen LogP contribution in [0, 0.1) is 0 Å². The van der Waals surface area contributed by atoms with Gasteiger partial charge in [-0.25, -0.2) is 9.97 Å². The number of fused-ring (bicyclic) bond motifs is 1. The lowest BCUT2D eigenvalue weighted by Gasteiger charge is -2.37. The highest BCUT2D eigenvalue weighted by atomic mass is 32.1. The highest BCUT2D eigenvalue weighted by molar-refractivity contribution is 7.16. The molecule has 3 aromatic heterocycles.